The Morgan fingerprint density at radius 1 is 1.25 bits per heavy atom. The van der Waals surface area contributed by atoms with Crippen LogP contribution in [0.4, 0.5) is 11.4 Å². The molecule has 0 unspecified atom stereocenters. The zero-order valence-corrected chi connectivity index (χ0v) is 11.9. The lowest BCUT2D eigenvalue weighted by molar-refractivity contribution is 0.398. The van der Waals surface area contributed by atoms with Crippen LogP contribution in [0.15, 0.2) is 41.4 Å². The van der Waals surface area contributed by atoms with E-state index in [4.69, 9.17) is 10.5 Å². The van der Waals surface area contributed by atoms with E-state index in [1.54, 1.807) is 25.1 Å². The first-order valence-corrected chi connectivity index (χ1v) is 7.29. The minimum atomic E-state index is -3.66. The first-order chi connectivity index (χ1) is 9.42. The van der Waals surface area contributed by atoms with Crippen molar-refractivity contribution in [3.05, 3.63) is 42.1 Å². The van der Waals surface area contributed by atoms with Gasteiger partial charge in [-0.05, 0) is 36.8 Å². The third-order valence-electron chi connectivity index (χ3n) is 2.75. The summed E-state index contributed by atoms with van der Waals surface area (Å²) in [5, 5.41) is 0. The minimum Gasteiger partial charge on any atom is -0.481 e. The summed E-state index contributed by atoms with van der Waals surface area (Å²) in [6.45, 7) is 1.75. The summed E-state index contributed by atoms with van der Waals surface area (Å²) in [7, 11) is -2.17. The minimum absolute atomic E-state index is 0.153. The first-order valence-electron chi connectivity index (χ1n) is 5.81. The van der Waals surface area contributed by atoms with Crippen LogP contribution in [0, 0.1) is 6.92 Å². The van der Waals surface area contributed by atoms with Crippen molar-refractivity contribution in [2.75, 3.05) is 17.6 Å². The lowest BCUT2D eigenvalue weighted by Gasteiger charge is -2.09. The molecular formula is C13H15N3O3S. The molecule has 0 aliphatic rings. The number of aromatic nitrogens is 1. The molecule has 20 heavy (non-hydrogen) atoms. The Labute approximate surface area is 117 Å². The summed E-state index contributed by atoms with van der Waals surface area (Å²) in [6.07, 6.45) is 1.39. The van der Waals surface area contributed by atoms with Gasteiger partial charge in [0.05, 0.1) is 23.9 Å². The van der Waals surface area contributed by atoms with E-state index in [0.29, 0.717) is 22.8 Å². The van der Waals surface area contributed by atoms with Crippen molar-refractivity contribution >= 4 is 21.4 Å². The number of ether oxygens (including phenoxy) is 1. The van der Waals surface area contributed by atoms with Crippen molar-refractivity contribution in [3.8, 4) is 5.88 Å². The fraction of sp³-hybridized carbons (Fsp3) is 0.154. The maximum Gasteiger partial charge on any atom is 0.261 e. The number of pyridine rings is 1. The van der Waals surface area contributed by atoms with Crippen LogP contribution in [0.3, 0.4) is 0 Å². The molecule has 1 heterocycles. The molecule has 0 atom stereocenters. The van der Waals surface area contributed by atoms with Gasteiger partial charge in [-0.3, -0.25) is 4.72 Å². The summed E-state index contributed by atoms with van der Waals surface area (Å²) >= 11 is 0. The van der Waals surface area contributed by atoms with E-state index < -0.39 is 10.0 Å². The van der Waals surface area contributed by atoms with Gasteiger partial charge in [-0.1, -0.05) is 0 Å². The molecule has 0 fully saturated rings. The summed E-state index contributed by atoms with van der Waals surface area (Å²) < 4.78 is 31.8. The van der Waals surface area contributed by atoms with Crippen molar-refractivity contribution < 1.29 is 13.2 Å². The van der Waals surface area contributed by atoms with Gasteiger partial charge in [0.2, 0.25) is 5.88 Å². The predicted molar refractivity (Wildman–Crippen MR) is 77.2 cm³/mol. The van der Waals surface area contributed by atoms with Crippen molar-refractivity contribution in [1.29, 1.82) is 0 Å². The lowest BCUT2D eigenvalue weighted by Crippen LogP contribution is -2.13. The van der Waals surface area contributed by atoms with E-state index in [2.05, 4.69) is 9.71 Å². The van der Waals surface area contributed by atoms with Crippen LogP contribution in [-0.4, -0.2) is 20.5 Å². The number of sulfonamides is 1. The average molecular weight is 293 g/mol. The summed E-state index contributed by atoms with van der Waals surface area (Å²) in [6, 6.07) is 7.70. The third-order valence-corrected chi connectivity index (χ3v) is 4.13. The maximum absolute atomic E-state index is 12.2. The van der Waals surface area contributed by atoms with Gasteiger partial charge >= 0.3 is 0 Å². The number of hydrogen-bond acceptors (Lipinski definition) is 5. The van der Waals surface area contributed by atoms with Crippen LogP contribution >= 0.6 is 0 Å². The molecule has 1 aromatic carbocycles. The SMILES string of the molecule is COc1ccc(NS(=O)(=O)c2ccc(N)c(C)c2)cn1. The molecule has 7 heteroatoms. The van der Waals surface area contributed by atoms with Gasteiger partial charge in [0.1, 0.15) is 0 Å². The second-order valence-corrected chi connectivity index (χ2v) is 5.90. The van der Waals surface area contributed by atoms with Crippen LogP contribution < -0.4 is 15.2 Å². The Morgan fingerprint density at radius 3 is 2.55 bits per heavy atom. The fourth-order valence-electron chi connectivity index (χ4n) is 1.59. The third kappa shape index (κ3) is 3.00. The standard InChI is InChI=1S/C13H15N3O3S/c1-9-7-11(4-5-12(9)14)20(17,18)16-10-3-6-13(19-2)15-8-10/h3-8,16H,14H2,1-2H3. The fourth-order valence-corrected chi connectivity index (χ4v) is 2.72. The van der Waals surface area contributed by atoms with Gasteiger partial charge in [-0.2, -0.15) is 0 Å². The molecule has 6 nitrogen and oxygen atoms in total. The first kappa shape index (κ1) is 14.1. The number of anilines is 2. The maximum atomic E-state index is 12.2. The predicted octanol–water partition coefficient (Wildman–Crippen LogP) is 1.78. The molecule has 2 aromatic rings. The smallest absolute Gasteiger partial charge is 0.261 e. The lowest BCUT2D eigenvalue weighted by atomic mass is 10.2. The van der Waals surface area contributed by atoms with Crippen LogP contribution in [0.25, 0.3) is 0 Å². The number of aryl methyl sites for hydroxylation is 1. The number of benzene rings is 1. The molecular weight excluding hydrogens is 278 g/mol. The molecule has 3 N–H and O–H groups in total. The van der Waals surface area contributed by atoms with Gasteiger partial charge in [0.15, 0.2) is 0 Å². The molecule has 0 spiro atoms. The summed E-state index contributed by atoms with van der Waals surface area (Å²) in [5.74, 6) is 0.413. The van der Waals surface area contributed by atoms with E-state index in [9.17, 15) is 8.42 Å². The van der Waals surface area contributed by atoms with Crippen LogP contribution in [-0.2, 0) is 10.0 Å². The normalized spacial score (nSPS) is 11.1. The summed E-state index contributed by atoms with van der Waals surface area (Å²) in [4.78, 5) is 4.09. The van der Waals surface area contributed by atoms with Crippen molar-refractivity contribution in [1.82, 2.24) is 4.98 Å². The molecule has 0 aliphatic carbocycles. The van der Waals surface area contributed by atoms with Crippen LogP contribution in [0.1, 0.15) is 5.56 Å². The number of nitrogens with two attached hydrogens (primary N) is 1. The molecule has 0 radical (unpaired) electrons. The molecule has 0 saturated heterocycles. The highest BCUT2D eigenvalue weighted by Gasteiger charge is 2.15. The second-order valence-electron chi connectivity index (χ2n) is 4.21. The van der Waals surface area contributed by atoms with E-state index in [0.717, 1.165) is 0 Å². The number of nitrogen functional groups attached to an aromatic ring is 1. The Bertz CT molecular complexity index is 712. The molecule has 1 aromatic heterocycles. The monoisotopic (exact) mass is 293 g/mol. The van der Waals surface area contributed by atoms with Gasteiger partial charge in [0, 0.05) is 11.8 Å². The van der Waals surface area contributed by atoms with E-state index >= 15 is 0 Å². The number of nitrogens with zero attached hydrogens (tertiary/aromatic N) is 1. The highest BCUT2D eigenvalue weighted by Crippen LogP contribution is 2.20. The summed E-state index contributed by atoms with van der Waals surface area (Å²) in [5.41, 5.74) is 7.30. The second kappa shape index (κ2) is 5.38. The van der Waals surface area contributed by atoms with E-state index in [-0.39, 0.29) is 4.90 Å². The van der Waals surface area contributed by atoms with Gasteiger partial charge in [0.25, 0.3) is 10.0 Å². The van der Waals surface area contributed by atoms with Crippen molar-refractivity contribution in [3.63, 3.8) is 0 Å². The topological polar surface area (TPSA) is 94.3 Å². The van der Waals surface area contributed by atoms with Crippen molar-refractivity contribution in [2.45, 2.75) is 11.8 Å². The Hall–Kier alpha value is -2.28. The van der Waals surface area contributed by atoms with E-state index in [1.165, 1.54) is 25.4 Å². The molecule has 0 saturated carbocycles. The average Bonchev–Trinajstić information content (AvgIpc) is 2.42. The molecule has 0 aliphatic heterocycles. The number of nitrogens with one attached hydrogen (secondary N) is 1. The number of rotatable bonds is 4. The highest BCUT2D eigenvalue weighted by atomic mass is 32.2. The van der Waals surface area contributed by atoms with Gasteiger partial charge in [-0.25, -0.2) is 13.4 Å². The largest absolute Gasteiger partial charge is 0.481 e. The van der Waals surface area contributed by atoms with Crippen molar-refractivity contribution in [2.24, 2.45) is 0 Å². The van der Waals surface area contributed by atoms with Crippen LogP contribution in [0.2, 0.25) is 0 Å². The number of methoxy groups -OCH3 is 1. The quantitative estimate of drug-likeness (QED) is 0.838. The Kier molecular flexibility index (Phi) is 3.80. The van der Waals surface area contributed by atoms with E-state index in [1.807, 2.05) is 0 Å². The Balaban J connectivity index is 2.27. The number of hydrogen-bond donors (Lipinski definition) is 2. The van der Waals surface area contributed by atoms with Gasteiger partial charge < -0.3 is 10.5 Å². The molecule has 0 bridgehead atoms. The molecule has 106 valence electrons. The zero-order chi connectivity index (χ0) is 14.8. The highest BCUT2D eigenvalue weighted by molar-refractivity contribution is 7.92. The zero-order valence-electron chi connectivity index (χ0n) is 11.1. The van der Waals surface area contributed by atoms with Crippen LogP contribution in [0.5, 0.6) is 5.88 Å². The van der Waals surface area contributed by atoms with Gasteiger partial charge in [-0.15, -0.1) is 0 Å². The molecule has 0 amide bonds. The molecule has 2 rings (SSSR count). The Morgan fingerprint density at radius 2 is 2.00 bits per heavy atom.